The molecule has 0 saturated heterocycles. The molecule has 2 atom stereocenters. The molecule has 0 radical (unpaired) electrons. The van der Waals surface area contributed by atoms with Crippen molar-refractivity contribution in [1.29, 1.82) is 0 Å². The van der Waals surface area contributed by atoms with Gasteiger partial charge in [0, 0.05) is 16.2 Å². The molecule has 0 aliphatic carbocycles. The molecule has 1 aliphatic rings. The van der Waals surface area contributed by atoms with Crippen molar-refractivity contribution < 1.29 is 0 Å². The molecule has 0 saturated carbocycles. The fourth-order valence-corrected chi connectivity index (χ4v) is 3.94. The fraction of sp³-hybridized carbons (Fsp3) is 0.600. The molecule has 0 amide bonds. The first-order valence-electron chi connectivity index (χ1n) is 6.74. The minimum absolute atomic E-state index is 0.345. The van der Waals surface area contributed by atoms with E-state index < -0.39 is 0 Å². The van der Waals surface area contributed by atoms with Gasteiger partial charge in [-0.05, 0) is 30.4 Å². The normalized spacial score (nSPS) is 20.6. The molecule has 94 valence electrons. The Kier molecular flexibility index (Phi) is 4.52. The molecule has 0 aromatic heterocycles. The van der Waals surface area contributed by atoms with Gasteiger partial charge < -0.3 is 5.73 Å². The van der Waals surface area contributed by atoms with Gasteiger partial charge in [0.25, 0.3) is 0 Å². The Hall–Kier alpha value is -0.470. The summed E-state index contributed by atoms with van der Waals surface area (Å²) in [5.41, 5.74) is 7.88. The molecular weight excluding hydrogens is 226 g/mol. The molecule has 17 heavy (non-hydrogen) atoms. The van der Waals surface area contributed by atoms with Gasteiger partial charge in [-0.25, -0.2) is 0 Å². The third-order valence-electron chi connectivity index (χ3n) is 3.91. The highest BCUT2D eigenvalue weighted by atomic mass is 32.2. The molecule has 2 unspecified atom stereocenters. The van der Waals surface area contributed by atoms with Crippen LogP contribution >= 0.6 is 11.8 Å². The summed E-state index contributed by atoms with van der Waals surface area (Å²) in [5, 5.41) is 0.591. The summed E-state index contributed by atoms with van der Waals surface area (Å²) in [6, 6.07) is 9.07. The Morgan fingerprint density at radius 1 is 1.29 bits per heavy atom. The maximum absolute atomic E-state index is 6.39. The highest BCUT2D eigenvalue weighted by Crippen LogP contribution is 2.39. The predicted octanol–water partition coefficient (Wildman–Crippen LogP) is 3.86. The minimum Gasteiger partial charge on any atom is -0.327 e. The smallest absolute Gasteiger partial charge is 0.0287 e. The van der Waals surface area contributed by atoms with Gasteiger partial charge in [-0.3, -0.25) is 0 Å². The van der Waals surface area contributed by atoms with Gasteiger partial charge in [-0.1, -0.05) is 44.9 Å². The van der Waals surface area contributed by atoms with Crippen molar-refractivity contribution in [2.45, 2.75) is 55.7 Å². The second kappa shape index (κ2) is 5.92. The monoisotopic (exact) mass is 249 g/mol. The SMILES string of the molecule is CCC(CC)CC(N)C1Cc2ccccc2S1. The Bertz CT molecular complexity index is 335. The van der Waals surface area contributed by atoms with Crippen LogP contribution in [-0.2, 0) is 6.42 Å². The molecule has 1 aliphatic heterocycles. The van der Waals surface area contributed by atoms with Gasteiger partial charge in [-0.2, -0.15) is 0 Å². The van der Waals surface area contributed by atoms with E-state index in [4.69, 9.17) is 5.73 Å². The largest absolute Gasteiger partial charge is 0.327 e. The van der Waals surface area contributed by atoms with Crippen LogP contribution in [0.2, 0.25) is 0 Å². The molecule has 1 aromatic carbocycles. The average Bonchev–Trinajstić information content (AvgIpc) is 2.79. The van der Waals surface area contributed by atoms with Gasteiger partial charge in [0.15, 0.2) is 0 Å². The molecule has 1 aromatic rings. The number of thioether (sulfide) groups is 1. The highest BCUT2D eigenvalue weighted by molar-refractivity contribution is 8.00. The van der Waals surface area contributed by atoms with E-state index in [1.165, 1.54) is 29.7 Å². The van der Waals surface area contributed by atoms with E-state index >= 15 is 0 Å². The lowest BCUT2D eigenvalue weighted by Crippen LogP contribution is -2.34. The first kappa shape index (κ1) is 13.0. The summed E-state index contributed by atoms with van der Waals surface area (Å²) in [5.74, 6) is 0.800. The standard InChI is InChI=1S/C15H23NS/c1-3-11(4-2)9-13(16)15-10-12-7-5-6-8-14(12)17-15/h5-8,11,13,15H,3-4,9-10,16H2,1-2H3. The van der Waals surface area contributed by atoms with E-state index in [9.17, 15) is 0 Å². The van der Waals surface area contributed by atoms with Gasteiger partial charge in [0.05, 0.1) is 0 Å². The summed E-state index contributed by atoms with van der Waals surface area (Å²) in [7, 11) is 0. The van der Waals surface area contributed by atoms with Crippen molar-refractivity contribution in [1.82, 2.24) is 0 Å². The van der Waals surface area contributed by atoms with Crippen molar-refractivity contribution in [3.05, 3.63) is 29.8 Å². The first-order chi connectivity index (χ1) is 8.24. The lowest BCUT2D eigenvalue weighted by Gasteiger charge is -2.22. The molecule has 0 fully saturated rings. The fourth-order valence-electron chi connectivity index (χ4n) is 2.61. The Labute approximate surface area is 109 Å². The summed E-state index contributed by atoms with van der Waals surface area (Å²) < 4.78 is 0. The summed E-state index contributed by atoms with van der Waals surface area (Å²) in [6.07, 6.45) is 4.85. The second-order valence-corrected chi connectivity index (χ2v) is 6.33. The zero-order valence-corrected chi connectivity index (χ0v) is 11.7. The molecule has 2 heteroatoms. The van der Waals surface area contributed by atoms with Gasteiger partial charge in [0.2, 0.25) is 0 Å². The van der Waals surface area contributed by atoms with E-state index in [1.807, 2.05) is 11.8 Å². The van der Waals surface area contributed by atoms with E-state index in [-0.39, 0.29) is 0 Å². The van der Waals surface area contributed by atoms with Crippen molar-refractivity contribution in [3.8, 4) is 0 Å². The summed E-state index contributed by atoms with van der Waals surface area (Å²) in [6.45, 7) is 4.55. The van der Waals surface area contributed by atoms with Crippen molar-refractivity contribution in [2.24, 2.45) is 11.7 Å². The Balaban J connectivity index is 1.93. The lowest BCUT2D eigenvalue weighted by molar-refractivity contribution is 0.403. The minimum atomic E-state index is 0.345. The van der Waals surface area contributed by atoms with Crippen molar-refractivity contribution in [2.75, 3.05) is 0 Å². The molecule has 2 rings (SSSR count). The maximum atomic E-state index is 6.39. The quantitative estimate of drug-likeness (QED) is 0.857. The van der Waals surface area contributed by atoms with Gasteiger partial charge in [0.1, 0.15) is 0 Å². The van der Waals surface area contributed by atoms with Crippen LogP contribution in [-0.4, -0.2) is 11.3 Å². The van der Waals surface area contributed by atoms with Crippen LogP contribution in [0.1, 0.15) is 38.7 Å². The predicted molar refractivity (Wildman–Crippen MR) is 76.5 cm³/mol. The Morgan fingerprint density at radius 2 is 2.00 bits per heavy atom. The topological polar surface area (TPSA) is 26.0 Å². The van der Waals surface area contributed by atoms with Crippen molar-refractivity contribution >= 4 is 11.8 Å². The maximum Gasteiger partial charge on any atom is 0.0287 e. The third kappa shape index (κ3) is 3.05. The molecule has 2 N–H and O–H groups in total. The number of rotatable bonds is 5. The van der Waals surface area contributed by atoms with Crippen LogP contribution < -0.4 is 5.73 Å². The third-order valence-corrected chi connectivity index (χ3v) is 5.38. The van der Waals surface area contributed by atoms with Crippen LogP contribution in [0.5, 0.6) is 0 Å². The number of nitrogens with two attached hydrogens (primary N) is 1. The van der Waals surface area contributed by atoms with Crippen LogP contribution in [0, 0.1) is 5.92 Å². The molecule has 0 spiro atoms. The van der Waals surface area contributed by atoms with Crippen LogP contribution in [0.25, 0.3) is 0 Å². The van der Waals surface area contributed by atoms with Crippen LogP contribution in [0.15, 0.2) is 29.2 Å². The van der Waals surface area contributed by atoms with Crippen LogP contribution in [0.4, 0.5) is 0 Å². The van der Waals surface area contributed by atoms with Gasteiger partial charge >= 0.3 is 0 Å². The number of hydrogen-bond acceptors (Lipinski definition) is 2. The second-order valence-electron chi connectivity index (χ2n) is 5.05. The number of benzene rings is 1. The van der Waals surface area contributed by atoms with E-state index in [1.54, 1.807) is 0 Å². The van der Waals surface area contributed by atoms with Gasteiger partial charge in [-0.15, -0.1) is 11.8 Å². The summed E-state index contributed by atoms with van der Waals surface area (Å²) >= 11 is 1.98. The Morgan fingerprint density at radius 3 is 2.65 bits per heavy atom. The molecule has 1 nitrogen and oxygen atoms in total. The molecule has 0 bridgehead atoms. The average molecular weight is 249 g/mol. The van der Waals surface area contributed by atoms with E-state index in [0.29, 0.717) is 11.3 Å². The van der Waals surface area contributed by atoms with E-state index in [2.05, 4.69) is 38.1 Å². The van der Waals surface area contributed by atoms with Crippen molar-refractivity contribution in [3.63, 3.8) is 0 Å². The number of fused-ring (bicyclic) bond motifs is 1. The molecular formula is C15H23NS. The number of hydrogen-bond donors (Lipinski definition) is 1. The highest BCUT2D eigenvalue weighted by Gasteiger charge is 2.27. The van der Waals surface area contributed by atoms with E-state index in [0.717, 1.165) is 12.3 Å². The lowest BCUT2D eigenvalue weighted by atomic mass is 9.92. The van der Waals surface area contributed by atoms with Crippen LogP contribution in [0.3, 0.4) is 0 Å². The zero-order valence-electron chi connectivity index (χ0n) is 10.9. The first-order valence-corrected chi connectivity index (χ1v) is 7.62. The summed E-state index contributed by atoms with van der Waals surface area (Å²) in [4.78, 5) is 1.44. The zero-order chi connectivity index (χ0) is 12.3. The molecule has 1 heterocycles.